The van der Waals surface area contributed by atoms with E-state index in [-0.39, 0.29) is 26.3 Å². The van der Waals surface area contributed by atoms with Gasteiger partial charge >= 0.3 is 58.0 Å². The Hall–Kier alpha value is 0.538. The minimum absolute atomic E-state index is 0.142. The molecular formula is C2N2Se3. The van der Waals surface area contributed by atoms with Crippen molar-refractivity contribution in [3.05, 3.63) is 0 Å². The van der Waals surface area contributed by atoms with Crippen LogP contribution in [0.1, 0.15) is 0 Å². The Bertz CT molecular complexity index is 95.1. The molecule has 0 aromatic heterocycles. The predicted molar refractivity (Wildman–Crippen MR) is 28.5 cm³/mol. The van der Waals surface area contributed by atoms with Crippen molar-refractivity contribution in [2.75, 3.05) is 0 Å². The molecule has 0 fully saturated rings. The molecule has 0 bridgehead atoms. The zero-order valence-corrected chi connectivity index (χ0v) is 8.26. The summed E-state index contributed by atoms with van der Waals surface area (Å²) in [5.41, 5.74) is 0. The zero-order valence-electron chi connectivity index (χ0n) is 3.12. The molecule has 0 rings (SSSR count). The number of rotatable bonds is 2. The van der Waals surface area contributed by atoms with E-state index in [0.717, 1.165) is 0 Å². The average molecular weight is 289 g/mol. The van der Waals surface area contributed by atoms with Gasteiger partial charge in [-0.2, -0.15) is 0 Å². The van der Waals surface area contributed by atoms with Crippen LogP contribution in [0.15, 0.2) is 0 Å². The van der Waals surface area contributed by atoms with E-state index >= 15 is 0 Å². The number of nitrogens with zero attached hydrogens (tertiary/aromatic N) is 2. The van der Waals surface area contributed by atoms with Gasteiger partial charge in [0, 0.05) is 0 Å². The summed E-state index contributed by atoms with van der Waals surface area (Å²) >= 11 is 0.662. The van der Waals surface area contributed by atoms with E-state index in [1.54, 1.807) is 0 Å². The summed E-state index contributed by atoms with van der Waals surface area (Å²) in [6, 6.07) is 0. The van der Waals surface area contributed by atoms with E-state index in [1.807, 2.05) is 0 Å². The molecular weight excluding hydrogens is 289 g/mol. The van der Waals surface area contributed by atoms with Crippen LogP contribution in [0.2, 0.25) is 0 Å². The van der Waals surface area contributed by atoms with Crippen molar-refractivity contribution in [2.45, 2.75) is 0 Å². The second-order valence-electron chi connectivity index (χ2n) is 0.417. The Morgan fingerprint density at radius 3 is 1.71 bits per heavy atom. The third-order valence-corrected chi connectivity index (χ3v) is 11.6. The normalized spacial score (nSPS) is 6.57. The van der Waals surface area contributed by atoms with E-state index in [0.29, 0.717) is 11.3 Å². The molecule has 2 nitrogen and oxygen atoms in total. The van der Waals surface area contributed by atoms with E-state index in [9.17, 15) is 0 Å². The van der Waals surface area contributed by atoms with Gasteiger partial charge in [-0.15, -0.1) is 0 Å². The number of nitriles is 2. The van der Waals surface area contributed by atoms with Crippen molar-refractivity contribution in [3.63, 3.8) is 0 Å². The minimum atomic E-state index is 0.142. The van der Waals surface area contributed by atoms with Gasteiger partial charge in [0.2, 0.25) is 0 Å². The third-order valence-electron chi connectivity index (χ3n) is 0.143. The maximum atomic E-state index is 7.99. The molecule has 0 aliphatic rings. The third kappa shape index (κ3) is 6.54. The van der Waals surface area contributed by atoms with E-state index in [1.165, 1.54) is 0 Å². The molecule has 0 unspecified atom stereocenters. The molecule has 0 aliphatic heterocycles. The fourth-order valence-electron chi connectivity index (χ4n) is 0.0474. The Kier molecular flexibility index (Phi) is 7.04. The van der Waals surface area contributed by atoms with E-state index < -0.39 is 0 Å². The summed E-state index contributed by atoms with van der Waals surface area (Å²) < 4.78 is 0. The summed E-state index contributed by atoms with van der Waals surface area (Å²) in [5.74, 6) is 0. The molecule has 0 N–H and O–H groups in total. The predicted octanol–water partition coefficient (Wildman–Crippen LogP) is -1.11. The molecule has 0 aromatic carbocycles. The first-order valence-corrected chi connectivity index (χ1v) is 11.6. The molecule has 5 heteroatoms. The van der Waals surface area contributed by atoms with Gasteiger partial charge < -0.3 is 0 Å². The number of hydrogen-bond donors (Lipinski definition) is 0. The van der Waals surface area contributed by atoms with Crippen molar-refractivity contribution in [1.29, 1.82) is 10.5 Å². The second kappa shape index (κ2) is 6.54. The number of hydrogen-bond acceptors (Lipinski definition) is 2. The Balaban J connectivity index is 2.77. The topological polar surface area (TPSA) is 47.6 Å². The molecule has 0 saturated carbocycles. The van der Waals surface area contributed by atoms with Gasteiger partial charge in [0.05, 0.1) is 0 Å². The van der Waals surface area contributed by atoms with E-state index in [4.69, 9.17) is 10.5 Å². The molecule has 0 aromatic rings. The SMILES string of the molecule is N#C[Se][Se][Se]C#N. The first kappa shape index (κ1) is 7.54. The van der Waals surface area contributed by atoms with Crippen LogP contribution in [0.4, 0.5) is 0 Å². The van der Waals surface area contributed by atoms with Crippen LogP contribution in [0.25, 0.3) is 0 Å². The summed E-state index contributed by atoms with van der Waals surface area (Å²) in [4.78, 5) is 4.11. The summed E-state index contributed by atoms with van der Waals surface area (Å²) in [5, 5.41) is 16.0. The Morgan fingerprint density at radius 1 is 1.00 bits per heavy atom. The van der Waals surface area contributed by atoms with Crippen LogP contribution in [0, 0.1) is 20.5 Å². The van der Waals surface area contributed by atoms with E-state index in [2.05, 4.69) is 9.94 Å². The standard InChI is InChI=1S/C2N2Se3/c3-1-5-7-6-2-4. The van der Waals surface area contributed by atoms with Gasteiger partial charge in [-0.3, -0.25) is 0 Å². The van der Waals surface area contributed by atoms with Crippen molar-refractivity contribution in [3.8, 4) is 9.94 Å². The molecule has 0 aliphatic carbocycles. The summed E-state index contributed by atoms with van der Waals surface area (Å²) in [6.45, 7) is 0. The molecule has 36 valence electrons. The first-order valence-electron chi connectivity index (χ1n) is 1.19. The Labute approximate surface area is 57.8 Å². The second-order valence-corrected chi connectivity index (χ2v) is 15.0. The average Bonchev–Trinajstić information content (AvgIpc) is 1.69. The summed E-state index contributed by atoms with van der Waals surface area (Å²) in [7, 11) is 0. The zero-order chi connectivity index (χ0) is 5.54. The van der Waals surface area contributed by atoms with Gasteiger partial charge in [0.1, 0.15) is 0 Å². The molecule has 0 saturated heterocycles. The van der Waals surface area contributed by atoms with Crippen LogP contribution in [0.5, 0.6) is 0 Å². The molecule has 0 heterocycles. The molecule has 0 radical (unpaired) electrons. The van der Waals surface area contributed by atoms with Gasteiger partial charge in [-0.25, -0.2) is 0 Å². The van der Waals surface area contributed by atoms with Gasteiger partial charge in [0.25, 0.3) is 0 Å². The summed E-state index contributed by atoms with van der Waals surface area (Å²) in [6.07, 6.45) is 0. The van der Waals surface area contributed by atoms with Crippen LogP contribution in [-0.2, 0) is 0 Å². The van der Waals surface area contributed by atoms with Crippen LogP contribution >= 0.6 is 0 Å². The maximum absolute atomic E-state index is 7.99. The van der Waals surface area contributed by atoms with Crippen molar-refractivity contribution >= 4 is 37.6 Å². The van der Waals surface area contributed by atoms with Gasteiger partial charge in [-0.1, -0.05) is 0 Å². The first-order chi connectivity index (χ1) is 3.41. The fraction of sp³-hybridized carbons (Fsp3) is 0. The molecule has 0 amide bonds. The monoisotopic (exact) mass is 292 g/mol. The molecule has 0 atom stereocenters. The molecule has 0 spiro atoms. The van der Waals surface area contributed by atoms with Crippen LogP contribution in [0.3, 0.4) is 0 Å². The van der Waals surface area contributed by atoms with Crippen molar-refractivity contribution in [1.82, 2.24) is 0 Å². The van der Waals surface area contributed by atoms with Crippen molar-refractivity contribution < 1.29 is 0 Å². The van der Waals surface area contributed by atoms with Crippen molar-refractivity contribution in [2.24, 2.45) is 0 Å². The van der Waals surface area contributed by atoms with Gasteiger partial charge in [-0.05, 0) is 0 Å². The van der Waals surface area contributed by atoms with Crippen LogP contribution < -0.4 is 0 Å². The van der Waals surface area contributed by atoms with Crippen LogP contribution in [-0.4, -0.2) is 37.6 Å². The van der Waals surface area contributed by atoms with Gasteiger partial charge in [0.15, 0.2) is 0 Å². The Morgan fingerprint density at radius 2 is 1.43 bits per heavy atom. The fourth-order valence-corrected chi connectivity index (χ4v) is 6.66. The quantitative estimate of drug-likeness (QED) is 0.478. The molecule has 7 heavy (non-hydrogen) atoms.